The Hall–Kier alpha value is -1.55. The number of rotatable bonds is 9. The first-order chi connectivity index (χ1) is 10.4. The summed E-state index contributed by atoms with van der Waals surface area (Å²) in [6.45, 7) is 9.45. The molecule has 0 aliphatic rings. The van der Waals surface area contributed by atoms with Crippen LogP contribution in [0.15, 0.2) is 18.2 Å². The highest BCUT2D eigenvalue weighted by molar-refractivity contribution is 5.76. The summed E-state index contributed by atoms with van der Waals surface area (Å²) in [6.07, 6.45) is 2.10. The van der Waals surface area contributed by atoms with Crippen molar-refractivity contribution in [3.05, 3.63) is 29.3 Å². The lowest BCUT2D eigenvalue weighted by Crippen LogP contribution is -2.41. The van der Waals surface area contributed by atoms with E-state index in [0.717, 1.165) is 12.2 Å². The van der Waals surface area contributed by atoms with Gasteiger partial charge in [-0.1, -0.05) is 19.9 Å². The van der Waals surface area contributed by atoms with E-state index in [1.54, 1.807) is 0 Å². The van der Waals surface area contributed by atoms with Gasteiger partial charge >= 0.3 is 0 Å². The van der Waals surface area contributed by atoms with E-state index >= 15 is 0 Å². The van der Waals surface area contributed by atoms with Gasteiger partial charge in [-0.15, -0.1) is 0 Å². The monoisotopic (exact) mass is 306 g/mol. The predicted octanol–water partition coefficient (Wildman–Crippen LogP) is 2.95. The second kappa shape index (κ2) is 9.46. The summed E-state index contributed by atoms with van der Waals surface area (Å²) in [7, 11) is 0. The molecule has 0 aliphatic carbocycles. The van der Waals surface area contributed by atoms with Gasteiger partial charge in [0, 0.05) is 19.0 Å². The summed E-state index contributed by atoms with van der Waals surface area (Å²) in [5.41, 5.74) is 8.16. The van der Waals surface area contributed by atoms with Crippen LogP contribution in [0.25, 0.3) is 0 Å². The van der Waals surface area contributed by atoms with Crippen molar-refractivity contribution in [3.8, 4) is 5.75 Å². The number of aryl methyl sites for hydroxylation is 2. The smallest absolute Gasteiger partial charge is 0.220 e. The fourth-order valence-corrected chi connectivity index (χ4v) is 2.31. The lowest BCUT2D eigenvalue weighted by molar-refractivity contribution is -0.122. The number of hydrogen-bond acceptors (Lipinski definition) is 3. The molecule has 0 fully saturated rings. The van der Waals surface area contributed by atoms with Gasteiger partial charge in [-0.05, 0) is 55.9 Å². The van der Waals surface area contributed by atoms with E-state index in [0.29, 0.717) is 31.9 Å². The third-order valence-corrected chi connectivity index (χ3v) is 3.70. The van der Waals surface area contributed by atoms with Crippen molar-refractivity contribution in [3.63, 3.8) is 0 Å². The normalized spacial score (nSPS) is 12.3. The van der Waals surface area contributed by atoms with Gasteiger partial charge in [0.2, 0.25) is 5.91 Å². The zero-order valence-corrected chi connectivity index (χ0v) is 14.3. The molecule has 4 nitrogen and oxygen atoms in total. The molecule has 0 saturated heterocycles. The summed E-state index contributed by atoms with van der Waals surface area (Å²) in [5, 5.41) is 2.99. The molecule has 1 aromatic carbocycles. The van der Waals surface area contributed by atoms with Crippen molar-refractivity contribution >= 4 is 5.91 Å². The van der Waals surface area contributed by atoms with Crippen molar-refractivity contribution in [2.75, 3.05) is 13.2 Å². The molecular weight excluding hydrogens is 276 g/mol. The zero-order valence-electron chi connectivity index (χ0n) is 14.3. The fraction of sp³-hybridized carbons (Fsp3) is 0.611. The Bertz CT molecular complexity index is 472. The maximum absolute atomic E-state index is 11.9. The summed E-state index contributed by atoms with van der Waals surface area (Å²) in [5.74, 6) is 1.45. The number of nitrogens with one attached hydrogen (secondary N) is 1. The van der Waals surface area contributed by atoms with Gasteiger partial charge in [-0.2, -0.15) is 0 Å². The predicted molar refractivity (Wildman–Crippen MR) is 91.1 cm³/mol. The minimum absolute atomic E-state index is 0.0554. The third kappa shape index (κ3) is 6.94. The molecule has 0 aliphatic heterocycles. The minimum atomic E-state index is 0.0554. The molecule has 1 amide bonds. The van der Waals surface area contributed by atoms with Gasteiger partial charge in [-0.25, -0.2) is 0 Å². The molecular formula is C18H30N2O2. The van der Waals surface area contributed by atoms with Crippen molar-refractivity contribution in [1.29, 1.82) is 0 Å². The molecule has 22 heavy (non-hydrogen) atoms. The minimum Gasteiger partial charge on any atom is -0.494 e. The van der Waals surface area contributed by atoms with Crippen LogP contribution in [0, 0.1) is 19.8 Å². The number of hydrogen-bond donors (Lipinski definition) is 2. The molecule has 0 heterocycles. The molecule has 0 aromatic heterocycles. The zero-order chi connectivity index (χ0) is 16.5. The Morgan fingerprint density at radius 1 is 1.27 bits per heavy atom. The Balaban J connectivity index is 2.25. The van der Waals surface area contributed by atoms with Crippen LogP contribution in [0.4, 0.5) is 0 Å². The first kappa shape index (κ1) is 18.5. The molecule has 4 heteroatoms. The maximum Gasteiger partial charge on any atom is 0.220 e. The summed E-state index contributed by atoms with van der Waals surface area (Å²) < 4.78 is 5.68. The first-order valence-corrected chi connectivity index (χ1v) is 8.11. The number of benzene rings is 1. The lowest BCUT2D eigenvalue weighted by atomic mass is 10.0. The largest absolute Gasteiger partial charge is 0.494 e. The molecule has 1 aromatic rings. The second-order valence-electron chi connectivity index (χ2n) is 6.33. The molecule has 0 saturated carbocycles. The molecule has 0 radical (unpaired) electrons. The second-order valence-corrected chi connectivity index (χ2v) is 6.33. The topological polar surface area (TPSA) is 64.3 Å². The van der Waals surface area contributed by atoms with Gasteiger partial charge in [0.05, 0.1) is 6.61 Å². The van der Waals surface area contributed by atoms with E-state index in [1.165, 1.54) is 11.1 Å². The lowest BCUT2D eigenvalue weighted by Gasteiger charge is -2.18. The summed E-state index contributed by atoms with van der Waals surface area (Å²) in [4.78, 5) is 11.9. The third-order valence-electron chi connectivity index (χ3n) is 3.70. The van der Waals surface area contributed by atoms with Gasteiger partial charge in [0.25, 0.3) is 0 Å². The summed E-state index contributed by atoms with van der Waals surface area (Å²) in [6, 6.07) is 6.13. The quantitative estimate of drug-likeness (QED) is 0.689. The van der Waals surface area contributed by atoms with E-state index in [2.05, 4.69) is 39.1 Å². The molecule has 1 atom stereocenters. The maximum atomic E-state index is 11.9. The van der Waals surface area contributed by atoms with Crippen molar-refractivity contribution in [1.82, 2.24) is 5.32 Å². The Labute approximate surface area is 134 Å². The molecule has 1 rings (SSSR count). The van der Waals surface area contributed by atoms with E-state index in [-0.39, 0.29) is 11.9 Å². The van der Waals surface area contributed by atoms with Crippen LogP contribution in [0.3, 0.4) is 0 Å². The van der Waals surface area contributed by atoms with Gasteiger partial charge in [0.15, 0.2) is 0 Å². The first-order valence-electron chi connectivity index (χ1n) is 8.11. The Morgan fingerprint density at radius 2 is 2.00 bits per heavy atom. The van der Waals surface area contributed by atoms with Crippen LogP contribution < -0.4 is 15.8 Å². The average Bonchev–Trinajstić information content (AvgIpc) is 2.46. The Morgan fingerprint density at radius 3 is 2.59 bits per heavy atom. The fourth-order valence-electron chi connectivity index (χ4n) is 2.31. The number of nitrogens with two attached hydrogens (primary N) is 1. The average molecular weight is 306 g/mol. The van der Waals surface area contributed by atoms with Gasteiger partial charge < -0.3 is 15.8 Å². The van der Waals surface area contributed by atoms with Gasteiger partial charge in [0.1, 0.15) is 5.75 Å². The molecule has 1 unspecified atom stereocenters. The number of carbonyl (C=O) groups is 1. The SMILES string of the molecule is Cc1ccc(OCCCC(=O)NC(CN)CC(C)C)cc1C. The Kier molecular flexibility index (Phi) is 7.96. The van der Waals surface area contributed by atoms with Crippen LogP contribution in [-0.4, -0.2) is 25.1 Å². The highest BCUT2D eigenvalue weighted by atomic mass is 16.5. The molecule has 3 N–H and O–H groups in total. The molecule has 124 valence electrons. The van der Waals surface area contributed by atoms with E-state index in [4.69, 9.17) is 10.5 Å². The van der Waals surface area contributed by atoms with Crippen molar-refractivity contribution in [2.24, 2.45) is 11.7 Å². The van der Waals surface area contributed by atoms with Crippen LogP contribution in [0.1, 0.15) is 44.2 Å². The number of ether oxygens (including phenoxy) is 1. The van der Waals surface area contributed by atoms with Crippen molar-refractivity contribution < 1.29 is 9.53 Å². The van der Waals surface area contributed by atoms with Gasteiger partial charge in [-0.3, -0.25) is 4.79 Å². The number of amides is 1. The molecule has 0 spiro atoms. The van der Waals surface area contributed by atoms with Crippen LogP contribution >= 0.6 is 0 Å². The van der Waals surface area contributed by atoms with E-state index < -0.39 is 0 Å². The molecule has 0 bridgehead atoms. The van der Waals surface area contributed by atoms with Crippen LogP contribution in [0.2, 0.25) is 0 Å². The highest BCUT2D eigenvalue weighted by Crippen LogP contribution is 2.16. The standard InChI is InChI=1S/C18H30N2O2/c1-13(2)10-16(12-19)20-18(21)6-5-9-22-17-8-7-14(3)15(4)11-17/h7-8,11,13,16H,5-6,9-10,12,19H2,1-4H3,(H,20,21). The van der Waals surface area contributed by atoms with Crippen LogP contribution in [0.5, 0.6) is 5.75 Å². The van der Waals surface area contributed by atoms with E-state index in [1.807, 2.05) is 12.1 Å². The summed E-state index contributed by atoms with van der Waals surface area (Å²) >= 11 is 0. The van der Waals surface area contributed by atoms with Crippen molar-refractivity contribution in [2.45, 2.75) is 53.0 Å². The van der Waals surface area contributed by atoms with Crippen LogP contribution in [-0.2, 0) is 4.79 Å². The highest BCUT2D eigenvalue weighted by Gasteiger charge is 2.12. The number of carbonyl (C=O) groups excluding carboxylic acids is 1. The van der Waals surface area contributed by atoms with E-state index in [9.17, 15) is 4.79 Å².